The van der Waals surface area contributed by atoms with Gasteiger partial charge in [0.15, 0.2) is 0 Å². The van der Waals surface area contributed by atoms with Crippen molar-refractivity contribution in [2.45, 2.75) is 13.8 Å². The lowest BCUT2D eigenvalue weighted by Crippen LogP contribution is -1.84. The van der Waals surface area contributed by atoms with Gasteiger partial charge < -0.3 is 0 Å². The number of nitrogens with zero attached hydrogens (tertiary/aromatic N) is 1. The molecule has 0 amide bonds. The van der Waals surface area contributed by atoms with Crippen LogP contribution in [-0.2, 0) is 0 Å². The van der Waals surface area contributed by atoms with E-state index in [1.165, 1.54) is 0 Å². The Labute approximate surface area is 106 Å². The zero-order valence-electron chi connectivity index (χ0n) is 9.20. The molecule has 15 heavy (non-hydrogen) atoms. The van der Waals surface area contributed by atoms with Gasteiger partial charge in [0.25, 0.3) is 0 Å². The van der Waals surface area contributed by atoms with E-state index in [2.05, 4.69) is 40.7 Å². The van der Waals surface area contributed by atoms with Crippen molar-refractivity contribution in [3.63, 3.8) is 0 Å². The number of rotatable bonds is 5. The number of aliphatic imine (C=N–C) groups is 1. The van der Waals surface area contributed by atoms with Crippen molar-refractivity contribution >= 4 is 28.8 Å². The summed E-state index contributed by atoms with van der Waals surface area (Å²) in [6.07, 6.45) is 11.2. The minimum Gasteiger partial charge on any atom is -0.261 e. The fraction of sp³-hybridized carbons (Fsp3) is 0.154. The number of hydrogen-bond donors (Lipinski definition) is 0. The van der Waals surface area contributed by atoms with Crippen LogP contribution in [0.3, 0.4) is 0 Å². The van der Waals surface area contributed by atoms with Crippen molar-refractivity contribution in [2.24, 2.45) is 4.99 Å². The summed E-state index contributed by atoms with van der Waals surface area (Å²) in [5.41, 5.74) is 1.87. The second kappa shape index (κ2) is 8.41. The highest BCUT2D eigenvalue weighted by Gasteiger charge is 1.98. The molecule has 0 heterocycles. The highest BCUT2D eigenvalue weighted by atomic mass is 127. The molecule has 0 N–H and O–H groups in total. The van der Waals surface area contributed by atoms with Crippen molar-refractivity contribution in [3.05, 3.63) is 58.4 Å². The summed E-state index contributed by atoms with van der Waals surface area (Å²) in [5, 5.41) is 0. The van der Waals surface area contributed by atoms with E-state index >= 15 is 0 Å². The lowest BCUT2D eigenvalue weighted by molar-refractivity contribution is 1.35. The zero-order chi connectivity index (χ0) is 11.7. The number of allylic oxidation sites excluding steroid dienone is 6. The van der Waals surface area contributed by atoms with E-state index in [0.29, 0.717) is 0 Å². The van der Waals surface area contributed by atoms with Gasteiger partial charge in [-0.3, -0.25) is 4.99 Å². The van der Waals surface area contributed by atoms with Gasteiger partial charge in [-0.05, 0) is 48.6 Å². The standard InChI is InChI=1S/C13H16IN/c1-5-9-13(15-8-4)11(6-2)10-12(14)7-3/h5-10H,1-2H2,3-4H3/b11-10+,12-7+,13-9-,15-8-. The van der Waals surface area contributed by atoms with Crippen molar-refractivity contribution in [1.82, 2.24) is 0 Å². The Morgan fingerprint density at radius 1 is 1.27 bits per heavy atom. The lowest BCUT2D eigenvalue weighted by Gasteiger charge is -2.01. The molecule has 0 spiro atoms. The van der Waals surface area contributed by atoms with Gasteiger partial charge in [-0.2, -0.15) is 0 Å². The fourth-order valence-corrected chi connectivity index (χ4v) is 1.27. The van der Waals surface area contributed by atoms with Gasteiger partial charge in [0.1, 0.15) is 0 Å². The minimum atomic E-state index is 0.874. The zero-order valence-corrected chi connectivity index (χ0v) is 11.4. The van der Waals surface area contributed by atoms with Crippen LogP contribution in [0.2, 0.25) is 0 Å². The van der Waals surface area contributed by atoms with E-state index in [0.717, 1.165) is 14.8 Å². The molecule has 80 valence electrons. The molecule has 0 rings (SSSR count). The highest BCUT2D eigenvalue weighted by Crippen LogP contribution is 2.18. The van der Waals surface area contributed by atoms with Crippen LogP contribution >= 0.6 is 22.6 Å². The van der Waals surface area contributed by atoms with Crippen molar-refractivity contribution < 1.29 is 0 Å². The van der Waals surface area contributed by atoms with E-state index in [-0.39, 0.29) is 0 Å². The maximum atomic E-state index is 4.27. The van der Waals surface area contributed by atoms with Gasteiger partial charge in [-0.1, -0.05) is 31.4 Å². The summed E-state index contributed by atoms with van der Waals surface area (Å²) in [4.78, 5) is 4.27. The average Bonchev–Trinajstić information content (AvgIpc) is 2.25. The monoisotopic (exact) mass is 313 g/mol. The molecule has 2 heteroatoms. The van der Waals surface area contributed by atoms with Crippen LogP contribution in [0.15, 0.2) is 63.4 Å². The maximum Gasteiger partial charge on any atom is 0.0697 e. The first-order valence-electron chi connectivity index (χ1n) is 4.67. The SMILES string of the molecule is C=C/C=C(\N=C/C)C(/C=C)=C/C(I)=C\C. The summed E-state index contributed by atoms with van der Waals surface area (Å²) in [6, 6.07) is 0. The molecule has 0 saturated heterocycles. The second-order valence-electron chi connectivity index (χ2n) is 2.65. The third-order valence-electron chi connectivity index (χ3n) is 1.63. The molecule has 0 atom stereocenters. The van der Waals surface area contributed by atoms with Crippen LogP contribution in [0.4, 0.5) is 0 Å². The van der Waals surface area contributed by atoms with E-state index in [1.807, 2.05) is 32.1 Å². The summed E-state index contributed by atoms with van der Waals surface area (Å²) >= 11 is 2.27. The van der Waals surface area contributed by atoms with Crippen molar-refractivity contribution in [3.8, 4) is 0 Å². The van der Waals surface area contributed by atoms with Crippen LogP contribution in [0.25, 0.3) is 0 Å². The molecule has 0 aliphatic rings. The molecule has 1 nitrogen and oxygen atoms in total. The number of hydrogen-bond acceptors (Lipinski definition) is 1. The first-order valence-corrected chi connectivity index (χ1v) is 5.75. The molecule has 0 aliphatic carbocycles. The Morgan fingerprint density at radius 2 is 1.93 bits per heavy atom. The smallest absolute Gasteiger partial charge is 0.0697 e. The summed E-state index contributed by atoms with van der Waals surface area (Å²) in [6.45, 7) is 11.3. The average molecular weight is 313 g/mol. The molecule has 0 aromatic heterocycles. The van der Waals surface area contributed by atoms with Gasteiger partial charge in [0.2, 0.25) is 0 Å². The van der Waals surface area contributed by atoms with Crippen molar-refractivity contribution in [2.75, 3.05) is 0 Å². The molecule has 0 radical (unpaired) electrons. The van der Waals surface area contributed by atoms with Crippen LogP contribution in [-0.4, -0.2) is 6.21 Å². The largest absolute Gasteiger partial charge is 0.261 e. The normalized spacial score (nSPS) is 14.5. The van der Waals surface area contributed by atoms with Crippen LogP contribution < -0.4 is 0 Å². The highest BCUT2D eigenvalue weighted by molar-refractivity contribution is 14.1. The van der Waals surface area contributed by atoms with Crippen LogP contribution in [0.5, 0.6) is 0 Å². The van der Waals surface area contributed by atoms with Crippen LogP contribution in [0, 0.1) is 0 Å². The molecule has 0 unspecified atom stereocenters. The number of halogens is 1. The summed E-state index contributed by atoms with van der Waals surface area (Å²) < 4.78 is 1.16. The van der Waals surface area contributed by atoms with Gasteiger partial charge in [-0.25, -0.2) is 0 Å². The molecule has 0 fully saturated rings. The molecule has 0 aromatic rings. The van der Waals surface area contributed by atoms with E-state index in [4.69, 9.17) is 0 Å². The first kappa shape index (κ1) is 14.1. The van der Waals surface area contributed by atoms with Gasteiger partial charge in [0, 0.05) is 15.4 Å². The Bertz CT molecular complexity index is 344. The third-order valence-corrected chi connectivity index (χ3v) is 2.56. The Morgan fingerprint density at radius 3 is 2.33 bits per heavy atom. The van der Waals surface area contributed by atoms with Crippen LogP contribution in [0.1, 0.15) is 13.8 Å². The van der Waals surface area contributed by atoms with Gasteiger partial charge in [-0.15, -0.1) is 0 Å². The topological polar surface area (TPSA) is 12.4 Å². The first-order chi connectivity index (χ1) is 7.19. The Kier molecular flexibility index (Phi) is 7.91. The summed E-state index contributed by atoms with van der Waals surface area (Å²) in [5.74, 6) is 0. The molecule has 0 saturated carbocycles. The minimum absolute atomic E-state index is 0.874. The molecule has 0 aromatic carbocycles. The third kappa shape index (κ3) is 5.52. The molecular formula is C13H16IN. The molecule has 0 bridgehead atoms. The maximum absolute atomic E-state index is 4.27. The molecule has 0 aliphatic heterocycles. The van der Waals surface area contributed by atoms with Crippen molar-refractivity contribution in [1.29, 1.82) is 0 Å². The predicted octanol–water partition coefficient (Wildman–Crippen LogP) is 4.60. The fourth-order valence-electron chi connectivity index (χ4n) is 0.934. The molecular weight excluding hydrogens is 297 g/mol. The Hall–Kier alpha value is -0.900. The summed E-state index contributed by atoms with van der Waals surface area (Å²) in [7, 11) is 0. The van der Waals surface area contributed by atoms with Gasteiger partial charge in [0.05, 0.1) is 5.70 Å². The Balaban J connectivity index is 5.25. The van der Waals surface area contributed by atoms with Gasteiger partial charge >= 0.3 is 0 Å². The second-order valence-corrected chi connectivity index (χ2v) is 3.90. The predicted molar refractivity (Wildman–Crippen MR) is 78.5 cm³/mol. The van der Waals surface area contributed by atoms with E-state index in [9.17, 15) is 0 Å². The quantitative estimate of drug-likeness (QED) is 0.400. The van der Waals surface area contributed by atoms with E-state index < -0.39 is 0 Å². The lowest BCUT2D eigenvalue weighted by atomic mass is 10.1. The van der Waals surface area contributed by atoms with E-state index in [1.54, 1.807) is 18.4 Å².